The zero-order chi connectivity index (χ0) is 5.33. The molecule has 1 saturated heterocycles. The van der Waals surface area contributed by atoms with Crippen molar-refractivity contribution in [1.29, 1.82) is 0 Å². The average Bonchev–Trinajstić information content (AvgIpc) is 1.84. The topological polar surface area (TPSA) is 74.2 Å². The van der Waals surface area contributed by atoms with Crippen LogP contribution in [0.15, 0.2) is 0 Å². The van der Waals surface area contributed by atoms with Gasteiger partial charge in [0, 0.05) is 0 Å². The number of phosphoric acid groups is 1. The van der Waals surface area contributed by atoms with Crippen molar-refractivity contribution in [2.24, 2.45) is 0 Å². The molecule has 0 unspecified atom stereocenters. The second-order valence-corrected chi connectivity index (χ2v) is 1.99. The van der Waals surface area contributed by atoms with Crippen molar-refractivity contribution in [3.63, 3.8) is 0 Å². The van der Waals surface area contributed by atoms with Gasteiger partial charge in [-0.2, -0.15) is 0 Å². The molecule has 0 aliphatic carbocycles. The Kier molecular flexibility index (Phi) is 8.54. The van der Waals surface area contributed by atoms with E-state index in [9.17, 15) is 4.57 Å². The molecule has 9 heteroatoms. The van der Waals surface area contributed by atoms with Gasteiger partial charge in [0.1, 0.15) is 0 Å². The predicted octanol–water partition coefficient (Wildman–Crippen LogP) is -5.86. The average molecular weight is 176 g/mol. The first-order chi connectivity index (χ1) is 3.21. The quantitative estimate of drug-likeness (QED) is 0.225. The molecule has 1 aliphatic rings. The fourth-order valence-electron chi connectivity index (χ4n) is 0.114. The van der Waals surface area contributed by atoms with E-state index in [4.69, 9.17) is 4.89 Å². The predicted molar refractivity (Wildman–Crippen MR) is 16.4 cm³/mol. The van der Waals surface area contributed by atoms with Crippen LogP contribution in [0.25, 0.3) is 0 Å². The van der Waals surface area contributed by atoms with Crippen LogP contribution in [0, 0.1) is 0 Å². The van der Waals surface area contributed by atoms with Gasteiger partial charge in [0.15, 0.2) is 0 Å². The van der Waals surface area contributed by atoms with E-state index in [-0.39, 0.29) is 62.0 Å². The second-order valence-electron chi connectivity index (χ2n) is 0.754. The summed E-state index contributed by atoms with van der Waals surface area (Å²) in [5.74, 6) is 0. The molecule has 1 rings (SSSR count). The molecule has 0 amide bonds. The third-order valence-electron chi connectivity index (χ3n) is 0.277. The largest absolute Gasteiger partial charge is 1.00 e. The summed E-state index contributed by atoms with van der Waals surface area (Å²) >= 11 is 0. The van der Waals surface area contributed by atoms with Gasteiger partial charge in [-0.25, -0.2) is 4.57 Å². The summed E-state index contributed by atoms with van der Waals surface area (Å²) in [6, 6.07) is 0. The van der Waals surface area contributed by atoms with Gasteiger partial charge in [-0.15, -0.1) is 0 Å². The summed E-state index contributed by atoms with van der Waals surface area (Å²) in [7, 11) is -3.99. The molecule has 0 bridgehead atoms. The third kappa shape index (κ3) is 5.32. The number of hydrogen-bond acceptors (Lipinski definition) is 5. The Hall–Kier alpha value is 2.03. The van der Waals surface area contributed by atoms with E-state index in [1.807, 2.05) is 0 Å². The first-order valence-corrected chi connectivity index (χ1v) is 2.74. The zero-order valence-corrected chi connectivity index (χ0v) is 9.83. The van der Waals surface area contributed by atoms with Crippen molar-refractivity contribution >= 4 is 7.82 Å². The van der Waals surface area contributed by atoms with Crippen molar-refractivity contribution in [1.82, 2.24) is 0 Å². The van der Waals surface area contributed by atoms with Gasteiger partial charge in [-0.1, -0.05) is 9.35 Å². The first-order valence-electron chi connectivity index (χ1n) is 1.25. The normalized spacial score (nSPS) is 21.9. The Morgan fingerprint density at radius 1 is 1.22 bits per heavy atom. The van der Waals surface area contributed by atoms with Crippen LogP contribution in [0.4, 0.5) is 0 Å². The number of hydrogen-bond donors (Lipinski definition) is 1. The van der Waals surface area contributed by atoms with Gasteiger partial charge < -0.3 is 2.85 Å². The molecule has 46 valence electrons. The summed E-state index contributed by atoms with van der Waals surface area (Å²) < 4.78 is 16.9. The van der Waals surface area contributed by atoms with Crippen LogP contribution in [-0.4, -0.2) is 4.89 Å². The molecule has 9 heavy (non-hydrogen) atoms. The van der Waals surface area contributed by atoms with Gasteiger partial charge in [0.2, 0.25) is 0 Å². The van der Waals surface area contributed by atoms with Gasteiger partial charge in [0.05, 0.1) is 0 Å². The minimum Gasteiger partial charge on any atom is -1.00 e. The van der Waals surface area contributed by atoms with Gasteiger partial charge in [-0.3, -0.25) is 4.89 Å². The molecule has 0 aromatic carbocycles. The van der Waals surface area contributed by atoms with Crippen LogP contribution in [0.1, 0.15) is 2.85 Å². The van der Waals surface area contributed by atoms with Crippen LogP contribution in [0.3, 0.4) is 0 Å². The first kappa shape index (κ1) is 13.6. The van der Waals surface area contributed by atoms with Crippen LogP contribution in [0.5, 0.6) is 0 Å². The molecule has 0 saturated carbocycles. The SMILES string of the molecule is O=P1(O)OOOO1.[H-].[H-].[Na+].[Na+]. The molecule has 0 aromatic rings. The maximum absolute atomic E-state index is 9.88. The molecular weight excluding hydrogens is 173 g/mol. The molecule has 0 atom stereocenters. The van der Waals surface area contributed by atoms with Crippen molar-refractivity contribution in [3.8, 4) is 0 Å². The monoisotopic (exact) mass is 176 g/mol. The van der Waals surface area contributed by atoms with E-state index < -0.39 is 7.82 Å². The Morgan fingerprint density at radius 3 is 1.67 bits per heavy atom. The van der Waals surface area contributed by atoms with E-state index in [0.717, 1.165) is 0 Å². The maximum Gasteiger partial charge on any atom is 1.00 e. The summed E-state index contributed by atoms with van der Waals surface area (Å²) in [6.07, 6.45) is 0. The molecule has 6 nitrogen and oxygen atoms in total. The van der Waals surface area contributed by atoms with Crippen LogP contribution in [-0.2, 0) is 24.0 Å². The fourth-order valence-corrected chi connectivity index (χ4v) is 0.343. The van der Waals surface area contributed by atoms with Crippen molar-refractivity contribution in [2.75, 3.05) is 0 Å². The summed E-state index contributed by atoms with van der Waals surface area (Å²) in [5.41, 5.74) is 0. The van der Waals surface area contributed by atoms with Gasteiger partial charge >= 0.3 is 66.9 Å². The van der Waals surface area contributed by atoms with Crippen LogP contribution >= 0.6 is 7.82 Å². The maximum atomic E-state index is 9.88. The summed E-state index contributed by atoms with van der Waals surface area (Å²) in [5, 5.41) is 6.85. The van der Waals surface area contributed by atoms with Crippen molar-refractivity contribution < 1.29 is 90.9 Å². The number of rotatable bonds is 0. The Labute approximate surface area is 97.8 Å². The van der Waals surface area contributed by atoms with E-state index >= 15 is 0 Å². The van der Waals surface area contributed by atoms with Gasteiger partial charge in [0.25, 0.3) is 0 Å². The van der Waals surface area contributed by atoms with E-state index in [1.54, 1.807) is 0 Å². The van der Waals surface area contributed by atoms with Crippen LogP contribution < -0.4 is 59.1 Å². The van der Waals surface area contributed by atoms with E-state index in [0.29, 0.717) is 0 Å². The standard InChI is InChI=1S/2Na.HO6P.2H/c;;1-7(2)5-3-4-6-7;;/h;;(H,1,2);;/q2*+1;;2*-1. The fraction of sp³-hybridized carbons (Fsp3) is 0. The Bertz CT molecular complexity index is 109. The minimum absolute atomic E-state index is 0. The Morgan fingerprint density at radius 2 is 1.56 bits per heavy atom. The third-order valence-corrected chi connectivity index (χ3v) is 0.776. The summed E-state index contributed by atoms with van der Waals surface area (Å²) in [4.78, 5) is 8.06. The Balaban J connectivity index is -0.0000000612. The molecule has 1 aliphatic heterocycles. The molecule has 1 fully saturated rings. The smallest absolute Gasteiger partial charge is 1.00 e. The van der Waals surface area contributed by atoms with E-state index in [1.165, 1.54) is 0 Å². The molecule has 1 N–H and O–H groups in total. The van der Waals surface area contributed by atoms with E-state index in [2.05, 4.69) is 19.4 Å². The minimum atomic E-state index is -3.99. The zero-order valence-electron chi connectivity index (χ0n) is 6.94. The molecule has 0 radical (unpaired) electrons. The van der Waals surface area contributed by atoms with Gasteiger partial charge in [-0.05, 0) is 10.1 Å². The van der Waals surface area contributed by atoms with Crippen molar-refractivity contribution in [3.05, 3.63) is 0 Å². The second kappa shape index (κ2) is 5.65. The van der Waals surface area contributed by atoms with Crippen LogP contribution in [0.2, 0.25) is 0 Å². The molecular formula is H3Na2O6P. The molecule has 1 heterocycles. The summed E-state index contributed by atoms with van der Waals surface area (Å²) in [6.45, 7) is 0. The molecule has 0 spiro atoms. The molecule has 0 aromatic heterocycles. The van der Waals surface area contributed by atoms with Crippen molar-refractivity contribution in [2.45, 2.75) is 0 Å².